The number of fused-ring (bicyclic) bond motifs is 1. The van der Waals surface area contributed by atoms with Crippen LogP contribution in [0, 0.1) is 0 Å². The van der Waals surface area contributed by atoms with Gasteiger partial charge in [0.15, 0.2) is 0 Å². The molecule has 1 heterocycles. The Kier molecular flexibility index (Phi) is 3.98. The molecule has 2 aromatic carbocycles. The van der Waals surface area contributed by atoms with E-state index in [1.165, 1.54) is 7.11 Å². The Morgan fingerprint density at radius 3 is 2.39 bits per heavy atom. The number of esters is 1. The topological polar surface area (TPSA) is 42.4 Å². The van der Waals surface area contributed by atoms with Crippen LogP contribution in [0.15, 0.2) is 54.6 Å². The Hall–Kier alpha value is -2.88. The highest BCUT2D eigenvalue weighted by Gasteiger charge is 2.14. The van der Waals surface area contributed by atoms with Crippen molar-refractivity contribution in [1.82, 2.24) is 4.98 Å². The second-order valence-corrected chi connectivity index (χ2v) is 5.51. The molecule has 116 valence electrons. The van der Waals surface area contributed by atoms with E-state index in [2.05, 4.69) is 4.98 Å². The zero-order valence-corrected chi connectivity index (χ0v) is 13.4. The number of carbonyl (C=O) groups is 1. The minimum absolute atomic E-state index is 0.352. The Bertz CT molecular complexity index is 855. The molecule has 0 aliphatic heterocycles. The molecule has 0 aliphatic rings. The highest BCUT2D eigenvalue weighted by atomic mass is 16.5. The van der Waals surface area contributed by atoms with E-state index in [4.69, 9.17) is 4.74 Å². The average Bonchev–Trinajstić information content (AvgIpc) is 2.60. The van der Waals surface area contributed by atoms with Gasteiger partial charge in [0.25, 0.3) is 0 Å². The molecule has 0 unspecified atom stereocenters. The summed E-state index contributed by atoms with van der Waals surface area (Å²) in [5, 5.41) is 0.799. The number of aromatic nitrogens is 1. The summed E-state index contributed by atoms with van der Waals surface area (Å²) in [5.41, 5.74) is 4.15. The van der Waals surface area contributed by atoms with Crippen molar-refractivity contribution in [3.05, 3.63) is 60.2 Å². The summed E-state index contributed by atoms with van der Waals surface area (Å²) in [6.45, 7) is 0. The molecule has 0 amide bonds. The molecule has 4 nitrogen and oxygen atoms in total. The van der Waals surface area contributed by atoms with Crippen molar-refractivity contribution in [2.45, 2.75) is 0 Å². The van der Waals surface area contributed by atoms with Gasteiger partial charge in [-0.15, -0.1) is 0 Å². The number of para-hydroxylation sites is 1. The van der Waals surface area contributed by atoms with Gasteiger partial charge in [0, 0.05) is 30.7 Å². The van der Waals surface area contributed by atoms with Crippen LogP contribution < -0.4 is 4.90 Å². The lowest BCUT2D eigenvalue weighted by molar-refractivity contribution is 0.0603. The van der Waals surface area contributed by atoms with Crippen LogP contribution in [-0.4, -0.2) is 32.2 Å². The minimum atomic E-state index is -0.352. The molecule has 0 saturated heterocycles. The van der Waals surface area contributed by atoms with Gasteiger partial charge in [-0.2, -0.15) is 0 Å². The smallest absolute Gasteiger partial charge is 0.338 e. The summed E-state index contributed by atoms with van der Waals surface area (Å²) in [4.78, 5) is 18.8. The Balaban J connectivity index is 2.16. The Labute approximate surface area is 135 Å². The molecule has 0 saturated carbocycles. The summed E-state index contributed by atoms with van der Waals surface area (Å²) in [5.74, 6) is -0.352. The molecule has 0 N–H and O–H groups in total. The summed E-state index contributed by atoms with van der Waals surface area (Å²) < 4.78 is 4.91. The fraction of sp³-hybridized carbons (Fsp3) is 0.158. The molecule has 0 spiro atoms. The standard InChI is InChI=1S/C19H18N2O2/c1-21(2)14-10-8-13(9-11-14)18-12-16(19(22)23-3)15-6-4-5-7-17(15)20-18/h4-12H,1-3H3. The highest BCUT2D eigenvalue weighted by molar-refractivity contribution is 6.04. The number of hydrogen-bond acceptors (Lipinski definition) is 4. The zero-order chi connectivity index (χ0) is 16.4. The SMILES string of the molecule is COC(=O)c1cc(-c2ccc(N(C)C)cc2)nc2ccccc12. The van der Waals surface area contributed by atoms with Gasteiger partial charge in [-0.3, -0.25) is 0 Å². The molecule has 3 rings (SSSR count). The van der Waals surface area contributed by atoms with E-state index in [1.54, 1.807) is 6.07 Å². The van der Waals surface area contributed by atoms with Gasteiger partial charge in [-0.1, -0.05) is 30.3 Å². The number of anilines is 1. The fourth-order valence-electron chi connectivity index (χ4n) is 2.53. The minimum Gasteiger partial charge on any atom is -0.465 e. The molecule has 0 radical (unpaired) electrons. The predicted octanol–water partition coefficient (Wildman–Crippen LogP) is 3.75. The number of hydrogen-bond donors (Lipinski definition) is 0. The first-order valence-corrected chi connectivity index (χ1v) is 7.36. The van der Waals surface area contributed by atoms with Crippen LogP contribution in [0.1, 0.15) is 10.4 Å². The third-order valence-corrected chi connectivity index (χ3v) is 3.80. The van der Waals surface area contributed by atoms with Gasteiger partial charge in [-0.25, -0.2) is 9.78 Å². The van der Waals surface area contributed by atoms with Crippen molar-refractivity contribution < 1.29 is 9.53 Å². The monoisotopic (exact) mass is 306 g/mol. The molecule has 1 aromatic heterocycles. The van der Waals surface area contributed by atoms with Crippen LogP contribution >= 0.6 is 0 Å². The van der Waals surface area contributed by atoms with Gasteiger partial charge < -0.3 is 9.64 Å². The number of methoxy groups -OCH3 is 1. The first-order chi connectivity index (χ1) is 11.1. The van der Waals surface area contributed by atoms with Crippen LogP contribution in [0.4, 0.5) is 5.69 Å². The van der Waals surface area contributed by atoms with E-state index in [0.29, 0.717) is 5.56 Å². The molecular weight excluding hydrogens is 288 g/mol. The van der Waals surface area contributed by atoms with Gasteiger partial charge in [-0.05, 0) is 24.3 Å². The van der Waals surface area contributed by atoms with Crippen molar-refractivity contribution in [1.29, 1.82) is 0 Å². The number of ether oxygens (including phenoxy) is 1. The summed E-state index contributed by atoms with van der Waals surface area (Å²) in [6.07, 6.45) is 0. The Morgan fingerprint density at radius 2 is 1.74 bits per heavy atom. The van der Waals surface area contributed by atoms with E-state index >= 15 is 0 Å². The van der Waals surface area contributed by atoms with Gasteiger partial charge in [0.1, 0.15) is 0 Å². The van der Waals surface area contributed by atoms with Crippen LogP contribution in [0.3, 0.4) is 0 Å². The second kappa shape index (κ2) is 6.08. The second-order valence-electron chi connectivity index (χ2n) is 5.51. The molecular formula is C19H18N2O2. The lowest BCUT2D eigenvalue weighted by atomic mass is 10.0. The quantitative estimate of drug-likeness (QED) is 0.691. The van der Waals surface area contributed by atoms with Crippen molar-refractivity contribution in [3.63, 3.8) is 0 Å². The molecule has 0 aliphatic carbocycles. The average molecular weight is 306 g/mol. The van der Waals surface area contributed by atoms with Crippen LogP contribution in [-0.2, 0) is 4.74 Å². The third-order valence-electron chi connectivity index (χ3n) is 3.80. The predicted molar refractivity (Wildman–Crippen MR) is 92.8 cm³/mol. The number of benzene rings is 2. The van der Waals surface area contributed by atoms with Gasteiger partial charge >= 0.3 is 5.97 Å². The van der Waals surface area contributed by atoms with Crippen LogP contribution in [0.25, 0.3) is 22.2 Å². The largest absolute Gasteiger partial charge is 0.465 e. The van der Waals surface area contributed by atoms with Crippen LogP contribution in [0.5, 0.6) is 0 Å². The Morgan fingerprint density at radius 1 is 1.04 bits per heavy atom. The van der Waals surface area contributed by atoms with E-state index in [-0.39, 0.29) is 5.97 Å². The number of carbonyl (C=O) groups excluding carboxylic acids is 1. The number of nitrogens with zero attached hydrogens (tertiary/aromatic N) is 2. The molecule has 0 atom stereocenters. The number of pyridine rings is 1. The maximum absolute atomic E-state index is 12.1. The van der Waals surface area contributed by atoms with Crippen molar-refractivity contribution in [2.75, 3.05) is 26.1 Å². The molecule has 0 bridgehead atoms. The summed E-state index contributed by atoms with van der Waals surface area (Å²) >= 11 is 0. The van der Waals surface area contributed by atoms with Crippen molar-refractivity contribution in [3.8, 4) is 11.3 Å². The summed E-state index contributed by atoms with van der Waals surface area (Å²) in [6, 6.07) is 17.5. The maximum Gasteiger partial charge on any atom is 0.338 e. The fourth-order valence-corrected chi connectivity index (χ4v) is 2.53. The van der Waals surface area contributed by atoms with Crippen LogP contribution in [0.2, 0.25) is 0 Å². The van der Waals surface area contributed by atoms with E-state index in [0.717, 1.165) is 27.8 Å². The molecule has 0 fully saturated rings. The normalized spacial score (nSPS) is 10.6. The first kappa shape index (κ1) is 15.0. The molecule has 3 aromatic rings. The molecule has 23 heavy (non-hydrogen) atoms. The van der Waals surface area contributed by atoms with Crippen molar-refractivity contribution >= 4 is 22.6 Å². The van der Waals surface area contributed by atoms with E-state index in [1.807, 2.05) is 67.5 Å². The highest BCUT2D eigenvalue weighted by Crippen LogP contribution is 2.26. The lowest BCUT2D eigenvalue weighted by Gasteiger charge is -2.13. The maximum atomic E-state index is 12.1. The van der Waals surface area contributed by atoms with E-state index in [9.17, 15) is 4.79 Å². The summed E-state index contributed by atoms with van der Waals surface area (Å²) in [7, 11) is 5.39. The van der Waals surface area contributed by atoms with E-state index < -0.39 is 0 Å². The zero-order valence-electron chi connectivity index (χ0n) is 13.4. The third kappa shape index (κ3) is 2.88. The molecule has 4 heteroatoms. The van der Waals surface area contributed by atoms with Gasteiger partial charge in [0.05, 0.1) is 23.9 Å². The number of rotatable bonds is 3. The lowest BCUT2D eigenvalue weighted by Crippen LogP contribution is -2.08. The van der Waals surface area contributed by atoms with Gasteiger partial charge in [0.2, 0.25) is 0 Å². The van der Waals surface area contributed by atoms with Crippen molar-refractivity contribution in [2.24, 2.45) is 0 Å². The first-order valence-electron chi connectivity index (χ1n) is 7.36.